The summed E-state index contributed by atoms with van der Waals surface area (Å²) in [5.41, 5.74) is 1.36. The molecule has 8 heteroatoms. The van der Waals surface area contributed by atoms with Gasteiger partial charge in [0.25, 0.3) is 11.5 Å². The van der Waals surface area contributed by atoms with Gasteiger partial charge in [0.05, 0.1) is 12.2 Å². The monoisotopic (exact) mass is 436 g/mol. The van der Waals surface area contributed by atoms with Crippen LogP contribution in [0.15, 0.2) is 52.1 Å². The van der Waals surface area contributed by atoms with Crippen molar-refractivity contribution in [1.29, 1.82) is 0 Å². The fourth-order valence-electron chi connectivity index (χ4n) is 3.83. The van der Waals surface area contributed by atoms with Crippen molar-refractivity contribution < 1.29 is 9.18 Å². The van der Waals surface area contributed by atoms with Gasteiger partial charge in [0.2, 0.25) is 5.69 Å². The van der Waals surface area contributed by atoms with Crippen LogP contribution in [0.3, 0.4) is 0 Å². The number of hydrogen-bond acceptors (Lipinski definition) is 4. The van der Waals surface area contributed by atoms with Gasteiger partial charge in [0, 0.05) is 13.1 Å². The number of piperidine rings is 1. The van der Waals surface area contributed by atoms with E-state index in [9.17, 15) is 18.8 Å². The molecule has 0 saturated carbocycles. The molecule has 1 amide bonds. The number of aromatic nitrogens is 3. The lowest BCUT2D eigenvalue weighted by atomic mass is 10.1. The molecule has 0 N–H and O–H groups in total. The van der Waals surface area contributed by atoms with Crippen LogP contribution in [-0.4, -0.2) is 38.2 Å². The number of halogens is 1. The van der Waals surface area contributed by atoms with E-state index >= 15 is 0 Å². The molecule has 166 valence electrons. The molecule has 0 aliphatic carbocycles. The van der Waals surface area contributed by atoms with Crippen LogP contribution in [0.2, 0.25) is 0 Å². The fourth-order valence-corrected chi connectivity index (χ4v) is 3.83. The van der Waals surface area contributed by atoms with Crippen molar-refractivity contribution in [2.45, 2.75) is 39.7 Å². The Hall–Kier alpha value is -3.55. The maximum absolute atomic E-state index is 13.3. The number of nitrogens with zero attached hydrogens (tertiary/aromatic N) is 4. The zero-order valence-electron chi connectivity index (χ0n) is 18.2. The molecular formula is C24H25FN4O3. The number of benzene rings is 2. The quantitative estimate of drug-likeness (QED) is 0.630. The Kier molecular flexibility index (Phi) is 6.03. The number of likely N-dealkylation sites (tertiary alicyclic amines) is 1. The Morgan fingerprint density at radius 1 is 0.969 bits per heavy atom. The van der Waals surface area contributed by atoms with Crippen LogP contribution < -0.4 is 11.2 Å². The SMILES string of the molecule is Cc1ccc(-n2nc(C(=O)N3CCCCC3)c(=O)n(Cc3ccc(F)cc3)c2=O)cc1C. The molecule has 2 aromatic carbocycles. The van der Waals surface area contributed by atoms with E-state index in [4.69, 9.17) is 0 Å². The van der Waals surface area contributed by atoms with Gasteiger partial charge in [0.15, 0.2) is 0 Å². The van der Waals surface area contributed by atoms with Crippen LogP contribution in [0, 0.1) is 19.7 Å². The van der Waals surface area contributed by atoms with E-state index in [2.05, 4.69) is 5.10 Å². The summed E-state index contributed by atoms with van der Waals surface area (Å²) < 4.78 is 15.4. The average molecular weight is 436 g/mol. The number of hydrogen-bond donors (Lipinski definition) is 0. The summed E-state index contributed by atoms with van der Waals surface area (Å²) in [5.74, 6) is -0.885. The molecule has 4 rings (SSSR count). The van der Waals surface area contributed by atoms with E-state index < -0.39 is 23.0 Å². The molecular weight excluding hydrogens is 411 g/mol. The molecule has 3 aromatic rings. The standard InChI is InChI=1S/C24H25FN4O3/c1-16-6-11-20(14-17(16)2)29-24(32)28(15-18-7-9-19(25)10-8-18)23(31)21(26-29)22(30)27-12-4-3-5-13-27/h6-11,14H,3-5,12-13,15H2,1-2H3. The third-order valence-electron chi connectivity index (χ3n) is 5.89. The van der Waals surface area contributed by atoms with Crippen LogP contribution >= 0.6 is 0 Å². The lowest BCUT2D eigenvalue weighted by Gasteiger charge is -2.26. The lowest BCUT2D eigenvalue weighted by molar-refractivity contribution is 0.0712. The van der Waals surface area contributed by atoms with Crippen molar-refractivity contribution in [3.8, 4) is 5.69 Å². The smallest absolute Gasteiger partial charge is 0.337 e. The Morgan fingerprint density at radius 2 is 1.66 bits per heavy atom. The fraction of sp³-hybridized carbons (Fsp3) is 0.333. The molecule has 0 atom stereocenters. The van der Waals surface area contributed by atoms with E-state index in [-0.39, 0.29) is 12.2 Å². The van der Waals surface area contributed by atoms with Gasteiger partial charge < -0.3 is 4.90 Å². The minimum absolute atomic E-state index is 0.0917. The highest BCUT2D eigenvalue weighted by Crippen LogP contribution is 2.14. The average Bonchev–Trinajstić information content (AvgIpc) is 2.80. The summed E-state index contributed by atoms with van der Waals surface area (Å²) in [6, 6.07) is 10.9. The van der Waals surface area contributed by atoms with Gasteiger partial charge in [-0.15, -0.1) is 0 Å². The first-order chi connectivity index (χ1) is 15.3. The van der Waals surface area contributed by atoms with Gasteiger partial charge in [-0.25, -0.2) is 9.18 Å². The maximum atomic E-state index is 13.3. The minimum Gasteiger partial charge on any atom is -0.337 e. The van der Waals surface area contributed by atoms with Crippen LogP contribution in [0.25, 0.3) is 5.69 Å². The van der Waals surface area contributed by atoms with Crippen molar-refractivity contribution in [2.75, 3.05) is 13.1 Å². The Morgan fingerprint density at radius 3 is 2.31 bits per heavy atom. The molecule has 2 heterocycles. The first kappa shape index (κ1) is 21.7. The molecule has 1 aliphatic rings. The van der Waals surface area contributed by atoms with Crippen LogP contribution in [0.5, 0.6) is 0 Å². The molecule has 0 unspecified atom stereocenters. The van der Waals surface area contributed by atoms with Gasteiger partial charge >= 0.3 is 5.69 Å². The number of rotatable bonds is 4. The number of aryl methyl sites for hydroxylation is 2. The van der Waals surface area contributed by atoms with Crippen molar-refractivity contribution in [3.63, 3.8) is 0 Å². The van der Waals surface area contributed by atoms with Crippen LogP contribution in [0.1, 0.15) is 46.4 Å². The summed E-state index contributed by atoms with van der Waals surface area (Å²) in [6.45, 7) is 4.89. The normalized spacial score (nSPS) is 13.9. The molecule has 1 aliphatic heterocycles. The topological polar surface area (TPSA) is 77.2 Å². The lowest BCUT2D eigenvalue weighted by Crippen LogP contribution is -2.47. The molecule has 0 bridgehead atoms. The largest absolute Gasteiger partial charge is 0.352 e. The molecule has 7 nitrogen and oxygen atoms in total. The summed E-state index contributed by atoms with van der Waals surface area (Å²) >= 11 is 0. The highest BCUT2D eigenvalue weighted by molar-refractivity contribution is 5.91. The Labute approximate surface area is 184 Å². The Balaban J connectivity index is 1.87. The highest BCUT2D eigenvalue weighted by Gasteiger charge is 2.26. The Bertz CT molecular complexity index is 1270. The van der Waals surface area contributed by atoms with Crippen molar-refractivity contribution >= 4 is 5.91 Å². The third kappa shape index (κ3) is 4.26. The van der Waals surface area contributed by atoms with E-state index in [0.29, 0.717) is 24.3 Å². The summed E-state index contributed by atoms with van der Waals surface area (Å²) in [6.07, 6.45) is 2.77. The zero-order valence-corrected chi connectivity index (χ0v) is 18.2. The molecule has 32 heavy (non-hydrogen) atoms. The summed E-state index contributed by atoms with van der Waals surface area (Å²) in [7, 11) is 0. The number of carbonyl (C=O) groups is 1. The second kappa shape index (κ2) is 8.90. The predicted molar refractivity (Wildman–Crippen MR) is 119 cm³/mol. The molecule has 1 saturated heterocycles. The van der Waals surface area contributed by atoms with E-state index in [1.807, 2.05) is 19.9 Å². The second-order valence-electron chi connectivity index (χ2n) is 8.18. The molecule has 0 spiro atoms. The first-order valence-corrected chi connectivity index (χ1v) is 10.7. The van der Waals surface area contributed by atoms with E-state index in [0.717, 1.165) is 39.6 Å². The van der Waals surface area contributed by atoms with E-state index in [1.165, 1.54) is 24.3 Å². The number of amides is 1. The van der Waals surface area contributed by atoms with Crippen LogP contribution in [0.4, 0.5) is 4.39 Å². The second-order valence-corrected chi connectivity index (χ2v) is 8.18. The predicted octanol–water partition coefficient (Wildman–Crippen LogP) is 2.82. The summed E-state index contributed by atoms with van der Waals surface area (Å²) in [4.78, 5) is 41.3. The highest BCUT2D eigenvalue weighted by atomic mass is 19.1. The summed E-state index contributed by atoms with van der Waals surface area (Å²) in [5, 5.41) is 4.22. The van der Waals surface area contributed by atoms with Crippen LogP contribution in [-0.2, 0) is 6.54 Å². The minimum atomic E-state index is -0.741. The van der Waals surface area contributed by atoms with Gasteiger partial charge in [-0.1, -0.05) is 18.2 Å². The molecule has 1 aromatic heterocycles. The number of carbonyl (C=O) groups excluding carboxylic acids is 1. The molecule has 0 radical (unpaired) electrons. The van der Waals surface area contributed by atoms with Crippen molar-refractivity contribution in [3.05, 3.63) is 91.5 Å². The maximum Gasteiger partial charge on any atom is 0.352 e. The van der Waals surface area contributed by atoms with E-state index in [1.54, 1.807) is 17.0 Å². The third-order valence-corrected chi connectivity index (χ3v) is 5.89. The van der Waals surface area contributed by atoms with Crippen molar-refractivity contribution in [2.24, 2.45) is 0 Å². The first-order valence-electron chi connectivity index (χ1n) is 10.7. The van der Waals surface area contributed by atoms with Gasteiger partial charge in [-0.3, -0.25) is 14.2 Å². The van der Waals surface area contributed by atoms with Gasteiger partial charge in [-0.05, 0) is 74.1 Å². The zero-order chi connectivity index (χ0) is 22.8. The van der Waals surface area contributed by atoms with Crippen molar-refractivity contribution in [1.82, 2.24) is 19.2 Å². The van der Waals surface area contributed by atoms with Gasteiger partial charge in [-0.2, -0.15) is 9.78 Å². The van der Waals surface area contributed by atoms with Gasteiger partial charge in [0.1, 0.15) is 5.82 Å². The molecule has 1 fully saturated rings.